The first kappa shape index (κ1) is 8.81. The third kappa shape index (κ3) is 1.86. The smallest absolute Gasteiger partial charge is 0.153 e. The molecule has 0 spiro atoms. The van der Waals surface area contributed by atoms with Gasteiger partial charge < -0.3 is 4.74 Å². The predicted molar refractivity (Wildman–Crippen MR) is 41.2 cm³/mol. The molecule has 0 saturated carbocycles. The number of azide groups is 1. The lowest BCUT2D eigenvalue weighted by Crippen LogP contribution is -2.59. The number of nitrogens with zero attached hydrogens (tertiary/aromatic N) is 4. The molecule has 64 valence electrons. The van der Waals surface area contributed by atoms with E-state index in [9.17, 15) is 0 Å². The minimum absolute atomic E-state index is 0.361. The molecule has 1 heterocycles. The molecule has 0 aromatic rings. The molecule has 0 radical (unpaired) electrons. The van der Waals surface area contributed by atoms with Gasteiger partial charge in [-0.25, -0.2) is 0 Å². The van der Waals surface area contributed by atoms with Crippen LogP contribution in [0.3, 0.4) is 0 Å². The van der Waals surface area contributed by atoms with Gasteiger partial charge in [-0.2, -0.15) is 5.26 Å². The maximum atomic E-state index is 8.70. The van der Waals surface area contributed by atoms with Crippen LogP contribution in [0.5, 0.6) is 0 Å². The Morgan fingerprint density at radius 1 is 1.75 bits per heavy atom. The molecule has 0 aliphatic carbocycles. The molecule has 0 atom stereocenters. The molecule has 0 unspecified atom stereocenters. The molecule has 6 heteroatoms. The van der Waals surface area contributed by atoms with Crippen molar-refractivity contribution in [2.45, 2.75) is 5.54 Å². The van der Waals surface area contributed by atoms with Crippen molar-refractivity contribution in [3.05, 3.63) is 10.4 Å². The fraction of sp³-hybridized carbons (Fsp3) is 0.833. The van der Waals surface area contributed by atoms with Gasteiger partial charge in [-0.1, -0.05) is 5.11 Å². The van der Waals surface area contributed by atoms with Crippen LogP contribution in [0, 0.1) is 11.3 Å². The molecule has 0 aromatic heterocycles. The van der Waals surface area contributed by atoms with Gasteiger partial charge in [-0.05, 0) is 5.53 Å². The van der Waals surface area contributed by atoms with Gasteiger partial charge in [0.05, 0.1) is 19.3 Å². The average molecular weight is 167 g/mol. The van der Waals surface area contributed by atoms with E-state index in [-0.39, 0.29) is 0 Å². The second-order valence-electron chi connectivity index (χ2n) is 2.57. The van der Waals surface area contributed by atoms with E-state index in [0.717, 1.165) is 0 Å². The van der Waals surface area contributed by atoms with E-state index in [2.05, 4.69) is 21.4 Å². The number of hydrogen-bond acceptors (Lipinski definition) is 4. The fourth-order valence-electron chi connectivity index (χ4n) is 0.902. The molecule has 0 aromatic carbocycles. The van der Waals surface area contributed by atoms with Crippen molar-refractivity contribution < 1.29 is 4.74 Å². The summed E-state index contributed by atoms with van der Waals surface area (Å²) in [6.07, 6.45) is 0. The molecule has 1 aliphatic heterocycles. The second-order valence-corrected chi connectivity index (χ2v) is 2.57. The van der Waals surface area contributed by atoms with Crippen LogP contribution in [0.1, 0.15) is 0 Å². The van der Waals surface area contributed by atoms with E-state index in [0.29, 0.717) is 26.3 Å². The third-order valence-corrected chi connectivity index (χ3v) is 1.65. The van der Waals surface area contributed by atoms with Crippen molar-refractivity contribution in [3.63, 3.8) is 0 Å². The van der Waals surface area contributed by atoms with Crippen LogP contribution in [0.2, 0.25) is 0 Å². The van der Waals surface area contributed by atoms with E-state index in [1.807, 2.05) is 0 Å². The van der Waals surface area contributed by atoms with Crippen molar-refractivity contribution in [3.8, 4) is 6.07 Å². The maximum absolute atomic E-state index is 8.70. The van der Waals surface area contributed by atoms with Gasteiger partial charge in [0.2, 0.25) is 0 Å². The predicted octanol–water partition coefficient (Wildman–Crippen LogP) is 0.179. The minimum atomic E-state index is -0.537. The fourth-order valence-corrected chi connectivity index (χ4v) is 0.902. The van der Waals surface area contributed by atoms with Crippen molar-refractivity contribution in [2.75, 3.05) is 26.3 Å². The zero-order valence-electron chi connectivity index (χ0n) is 6.53. The second kappa shape index (κ2) is 3.93. The highest BCUT2D eigenvalue weighted by atomic mass is 16.5. The number of rotatable bonds is 4. The number of nitriles is 1. The molecule has 1 saturated heterocycles. The molecular formula is C6H9N5O. The zero-order chi connectivity index (χ0) is 8.86. The quantitative estimate of drug-likeness (QED) is 0.280. The van der Waals surface area contributed by atoms with Gasteiger partial charge in [-0.3, -0.25) is 5.32 Å². The summed E-state index contributed by atoms with van der Waals surface area (Å²) in [4.78, 5) is 2.60. The summed E-state index contributed by atoms with van der Waals surface area (Å²) >= 11 is 0. The van der Waals surface area contributed by atoms with Crippen LogP contribution in [-0.4, -0.2) is 31.8 Å². The molecule has 1 aliphatic rings. The number of hydrogen-bond donors (Lipinski definition) is 1. The minimum Gasteiger partial charge on any atom is -0.375 e. The summed E-state index contributed by atoms with van der Waals surface area (Å²) in [7, 11) is 0. The SMILES string of the molecule is N#CC1(NCCN=[N+]=[N-])COC1. The van der Waals surface area contributed by atoms with Crippen LogP contribution in [0.15, 0.2) is 5.11 Å². The molecule has 1 N–H and O–H groups in total. The summed E-state index contributed by atoms with van der Waals surface area (Å²) in [6, 6.07) is 2.12. The van der Waals surface area contributed by atoms with Crippen LogP contribution in [-0.2, 0) is 4.74 Å². The summed E-state index contributed by atoms with van der Waals surface area (Å²) < 4.78 is 4.90. The topological polar surface area (TPSA) is 93.8 Å². The standard InChI is InChI=1S/C6H9N5O/c7-3-6(4-12-5-6)9-1-2-10-11-8/h9H,1-2,4-5H2. The molecule has 6 nitrogen and oxygen atoms in total. The van der Waals surface area contributed by atoms with Crippen molar-refractivity contribution in [2.24, 2.45) is 5.11 Å². The Bertz CT molecular complexity index is 235. The molecule has 1 fully saturated rings. The summed E-state index contributed by atoms with van der Waals surface area (Å²) in [6.45, 7) is 1.71. The Morgan fingerprint density at radius 2 is 2.50 bits per heavy atom. The van der Waals surface area contributed by atoms with Crippen LogP contribution in [0.25, 0.3) is 10.4 Å². The van der Waals surface area contributed by atoms with Crippen LogP contribution < -0.4 is 5.32 Å². The van der Waals surface area contributed by atoms with E-state index in [1.54, 1.807) is 0 Å². The van der Waals surface area contributed by atoms with Crippen molar-refractivity contribution in [1.29, 1.82) is 5.26 Å². The van der Waals surface area contributed by atoms with Crippen LogP contribution >= 0.6 is 0 Å². The highest BCUT2D eigenvalue weighted by Crippen LogP contribution is 2.14. The summed E-state index contributed by atoms with van der Waals surface area (Å²) in [5.74, 6) is 0. The number of nitrogens with one attached hydrogen (secondary N) is 1. The lowest BCUT2D eigenvalue weighted by molar-refractivity contribution is -0.0429. The monoisotopic (exact) mass is 167 g/mol. The van der Waals surface area contributed by atoms with Gasteiger partial charge in [0.1, 0.15) is 0 Å². The van der Waals surface area contributed by atoms with E-state index in [1.165, 1.54) is 0 Å². The highest BCUT2D eigenvalue weighted by molar-refractivity contribution is 5.12. The van der Waals surface area contributed by atoms with Crippen LogP contribution in [0.4, 0.5) is 0 Å². The summed E-state index contributed by atoms with van der Waals surface area (Å²) in [5, 5.41) is 15.0. The first-order chi connectivity index (χ1) is 5.83. The number of ether oxygens (including phenoxy) is 1. The van der Waals surface area contributed by atoms with Gasteiger partial charge in [0, 0.05) is 18.0 Å². The first-order valence-corrected chi connectivity index (χ1v) is 3.58. The summed E-state index contributed by atoms with van der Waals surface area (Å²) in [5.41, 5.74) is 7.43. The highest BCUT2D eigenvalue weighted by Gasteiger charge is 2.37. The third-order valence-electron chi connectivity index (χ3n) is 1.65. The van der Waals surface area contributed by atoms with Gasteiger partial charge in [0.15, 0.2) is 5.54 Å². The van der Waals surface area contributed by atoms with E-state index < -0.39 is 5.54 Å². The normalized spacial score (nSPS) is 18.6. The van der Waals surface area contributed by atoms with Gasteiger partial charge >= 0.3 is 0 Å². The first-order valence-electron chi connectivity index (χ1n) is 3.58. The van der Waals surface area contributed by atoms with E-state index in [4.69, 9.17) is 15.5 Å². The molecule has 0 amide bonds. The Labute approximate surface area is 69.7 Å². The Hall–Kier alpha value is -1.28. The molecule has 0 bridgehead atoms. The van der Waals surface area contributed by atoms with Gasteiger partial charge in [-0.15, -0.1) is 0 Å². The average Bonchev–Trinajstić information content (AvgIpc) is 2.02. The van der Waals surface area contributed by atoms with Gasteiger partial charge in [0.25, 0.3) is 0 Å². The largest absolute Gasteiger partial charge is 0.375 e. The Balaban J connectivity index is 2.21. The lowest BCUT2D eigenvalue weighted by Gasteiger charge is -2.35. The van der Waals surface area contributed by atoms with Crippen molar-refractivity contribution in [1.82, 2.24) is 5.32 Å². The van der Waals surface area contributed by atoms with Crippen molar-refractivity contribution >= 4 is 0 Å². The maximum Gasteiger partial charge on any atom is 0.153 e. The van der Waals surface area contributed by atoms with E-state index >= 15 is 0 Å². The lowest BCUT2D eigenvalue weighted by atomic mass is 10.0. The molecular weight excluding hydrogens is 158 g/mol. The molecule has 1 rings (SSSR count). The Kier molecular flexibility index (Phi) is 2.88. The zero-order valence-corrected chi connectivity index (χ0v) is 6.53. The Morgan fingerprint density at radius 3 is 2.92 bits per heavy atom. The molecule has 12 heavy (non-hydrogen) atoms.